The highest BCUT2D eigenvalue weighted by Gasteiger charge is 2.58. The summed E-state index contributed by atoms with van der Waals surface area (Å²) in [6.07, 6.45) is 0. The summed E-state index contributed by atoms with van der Waals surface area (Å²) in [5.74, 6) is 0. The summed E-state index contributed by atoms with van der Waals surface area (Å²) in [5.41, 5.74) is 10.4. The van der Waals surface area contributed by atoms with Crippen molar-refractivity contribution in [1.29, 1.82) is 0 Å². The van der Waals surface area contributed by atoms with Gasteiger partial charge in [-0.1, -0.05) is 181 Å². The van der Waals surface area contributed by atoms with Gasteiger partial charge in [0, 0.05) is 5.41 Å². The number of rotatable bonds is 2. The van der Waals surface area contributed by atoms with Crippen molar-refractivity contribution in [2.45, 2.75) is 47.0 Å². The Balaban J connectivity index is 1.31. The van der Waals surface area contributed by atoms with Crippen molar-refractivity contribution in [3.63, 3.8) is 0 Å². The monoisotopic (exact) mass is 680 g/mol. The van der Waals surface area contributed by atoms with E-state index in [0.29, 0.717) is 0 Å². The van der Waals surface area contributed by atoms with Gasteiger partial charge in [0.1, 0.15) is 0 Å². The fourth-order valence-electron chi connectivity index (χ4n) is 11.0. The molecule has 1 aliphatic carbocycles. The van der Waals surface area contributed by atoms with Crippen molar-refractivity contribution in [2.24, 2.45) is 10.8 Å². The van der Waals surface area contributed by atoms with Gasteiger partial charge in [-0.15, -0.1) is 0 Å². The van der Waals surface area contributed by atoms with Crippen LogP contribution in [0.15, 0.2) is 158 Å². The van der Waals surface area contributed by atoms with Crippen LogP contribution in [-0.4, -0.2) is 0 Å². The molecule has 0 aliphatic heterocycles. The summed E-state index contributed by atoms with van der Waals surface area (Å²) >= 11 is 0. The Hall–Kier alpha value is -5.72. The molecule has 0 N–H and O–H groups in total. The number of hydrogen-bond donors (Lipinski definition) is 0. The SMILES string of the molecule is CC(C)(C)C1(C(C)(C)C)c2cc3cc(-c4c5ccccc5c(-c5ccccc5)c5ccccc45)ccc3cc2-c2c1c1ccccc1c1ccccc21. The van der Waals surface area contributed by atoms with E-state index in [2.05, 4.69) is 199 Å². The first-order chi connectivity index (χ1) is 25.6. The van der Waals surface area contributed by atoms with Gasteiger partial charge in [0.25, 0.3) is 0 Å². The topological polar surface area (TPSA) is 0 Å². The lowest BCUT2D eigenvalue weighted by atomic mass is 9.49. The van der Waals surface area contributed by atoms with Crippen molar-refractivity contribution < 1.29 is 0 Å². The number of benzene rings is 9. The second kappa shape index (κ2) is 11.1. The minimum absolute atomic E-state index is 0.0819. The van der Waals surface area contributed by atoms with E-state index in [0.717, 1.165) is 0 Å². The van der Waals surface area contributed by atoms with Crippen LogP contribution >= 0.6 is 0 Å². The molecule has 53 heavy (non-hydrogen) atoms. The van der Waals surface area contributed by atoms with E-state index >= 15 is 0 Å². The average molecular weight is 681 g/mol. The molecular weight excluding hydrogens is 637 g/mol. The number of fused-ring (bicyclic) bond motifs is 11. The third-order valence-corrected chi connectivity index (χ3v) is 12.5. The van der Waals surface area contributed by atoms with Gasteiger partial charge in [0.2, 0.25) is 0 Å². The molecule has 0 atom stereocenters. The van der Waals surface area contributed by atoms with Crippen molar-refractivity contribution in [2.75, 3.05) is 0 Å². The molecule has 0 spiro atoms. The Morgan fingerprint density at radius 3 is 1.30 bits per heavy atom. The average Bonchev–Trinajstić information content (AvgIpc) is 3.48. The Morgan fingerprint density at radius 1 is 0.340 bits per heavy atom. The lowest BCUT2D eigenvalue weighted by Gasteiger charge is -2.53. The summed E-state index contributed by atoms with van der Waals surface area (Å²) < 4.78 is 0. The zero-order valence-corrected chi connectivity index (χ0v) is 31.5. The van der Waals surface area contributed by atoms with Gasteiger partial charge < -0.3 is 0 Å². The van der Waals surface area contributed by atoms with Crippen molar-refractivity contribution in [3.05, 3.63) is 169 Å². The molecule has 0 aromatic heterocycles. The standard InChI is InChI=1S/C53H44/c1-51(2,3)53(52(4,5)6)46-32-36-30-35(48-42-25-15-13-23-40(42)47(33-18-8-7-9-19-33)41-24-14-16-26-43(41)48)29-28-34(36)31-45(46)49-39-22-12-10-20-37(39)38-21-11-17-27-44(38)50(49)53/h7-32H,1-6H3. The molecule has 256 valence electrons. The second-order valence-electron chi connectivity index (χ2n) is 17.3. The van der Waals surface area contributed by atoms with Gasteiger partial charge >= 0.3 is 0 Å². The van der Waals surface area contributed by atoms with E-state index < -0.39 is 0 Å². The molecule has 0 amide bonds. The van der Waals surface area contributed by atoms with E-state index in [-0.39, 0.29) is 16.2 Å². The zero-order chi connectivity index (χ0) is 36.3. The summed E-state index contributed by atoms with van der Waals surface area (Å²) in [7, 11) is 0. The van der Waals surface area contributed by atoms with Crippen LogP contribution < -0.4 is 0 Å². The van der Waals surface area contributed by atoms with Gasteiger partial charge in [-0.3, -0.25) is 0 Å². The molecule has 9 aromatic rings. The Labute approximate surface area is 312 Å². The Bertz CT molecular complexity index is 2870. The predicted octanol–water partition coefficient (Wildman–Crippen LogP) is 15.1. The van der Waals surface area contributed by atoms with Crippen LogP contribution in [0.25, 0.3) is 87.2 Å². The van der Waals surface area contributed by atoms with E-state index in [1.807, 2.05) is 0 Å². The van der Waals surface area contributed by atoms with Gasteiger partial charge in [0.05, 0.1) is 0 Å². The largest absolute Gasteiger partial charge is 0.0622 e. The van der Waals surface area contributed by atoms with Crippen LogP contribution in [0.4, 0.5) is 0 Å². The molecule has 0 heteroatoms. The van der Waals surface area contributed by atoms with Crippen LogP contribution in [-0.2, 0) is 5.41 Å². The lowest BCUT2D eigenvalue weighted by molar-refractivity contribution is 0.0965. The van der Waals surface area contributed by atoms with Gasteiger partial charge in [-0.2, -0.15) is 0 Å². The molecule has 0 saturated carbocycles. The summed E-state index contributed by atoms with van der Waals surface area (Å²) in [6.45, 7) is 14.8. The normalized spacial score (nSPS) is 14.0. The first kappa shape index (κ1) is 32.0. The molecule has 0 saturated heterocycles. The molecule has 9 aromatic carbocycles. The molecule has 0 unspecified atom stereocenters. The molecule has 0 fully saturated rings. The summed E-state index contributed by atoms with van der Waals surface area (Å²) in [6, 6.07) is 59.4. The molecule has 0 radical (unpaired) electrons. The molecular formula is C53H44. The highest BCUT2D eigenvalue weighted by atomic mass is 14.6. The smallest absolute Gasteiger partial charge is 0.0318 e. The third kappa shape index (κ3) is 4.30. The minimum Gasteiger partial charge on any atom is -0.0622 e. The number of hydrogen-bond acceptors (Lipinski definition) is 0. The Kier molecular flexibility index (Phi) is 6.72. The highest BCUT2D eigenvalue weighted by molar-refractivity contribution is 6.22. The Morgan fingerprint density at radius 2 is 0.774 bits per heavy atom. The molecule has 0 bridgehead atoms. The first-order valence-corrected chi connectivity index (χ1v) is 19.1. The van der Waals surface area contributed by atoms with E-state index in [4.69, 9.17) is 0 Å². The molecule has 1 aliphatic rings. The molecule has 0 heterocycles. The van der Waals surface area contributed by atoms with Crippen molar-refractivity contribution in [1.82, 2.24) is 0 Å². The maximum atomic E-state index is 2.58. The van der Waals surface area contributed by atoms with Crippen LogP contribution in [0.2, 0.25) is 0 Å². The van der Waals surface area contributed by atoms with Crippen LogP contribution in [0.5, 0.6) is 0 Å². The van der Waals surface area contributed by atoms with E-state index in [9.17, 15) is 0 Å². The van der Waals surface area contributed by atoms with E-state index in [1.165, 1.54) is 98.4 Å². The van der Waals surface area contributed by atoms with Crippen molar-refractivity contribution in [3.8, 4) is 33.4 Å². The molecule has 10 rings (SSSR count). The summed E-state index contributed by atoms with van der Waals surface area (Å²) in [4.78, 5) is 0. The van der Waals surface area contributed by atoms with Crippen LogP contribution in [0.1, 0.15) is 52.7 Å². The van der Waals surface area contributed by atoms with Gasteiger partial charge in [-0.25, -0.2) is 0 Å². The molecule has 0 nitrogen and oxygen atoms in total. The quantitative estimate of drug-likeness (QED) is 0.126. The van der Waals surface area contributed by atoms with Gasteiger partial charge in [-0.05, 0) is 127 Å². The summed E-state index contributed by atoms with van der Waals surface area (Å²) in [5, 5.41) is 13.1. The fourth-order valence-corrected chi connectivity index (χ4v) is 11.0. The maximum absolute atomic E-state index is 2.58. The minimum atomic E-state index is -0.255. The van der Waals surface area contributed by atoms with E-state index in [1.54, 1.807) is 0 Å². The zero-order valence-electron chi connectivity index (χ0n) is 31.5. The maximum Gasteiger partial charge on any atom is 0.0318 e. The highest BCUT2D eigenvalue weighted by Crippen LogP contribution is 2.67. The van der Waals surface area contributed by atoms with Crippen molar-refractivity contribution >= 4 is 53.9 Å². The van der Waals surface area contributed by atoms with Crippen LogP contribution in [0, 0.1) is 10.8 Å². The van der Waals surface area contributed by atoms with Crippen LogP contribution in [0.3, 0.4) is 0 Å². The predicted molar refractivity (Wildman–Crippen MR) is 230 cm³/mol. The third-order valence-electron chi connectivity index (χ3n) is 12.5. The second-order valence-corrected chi connectivity index (χ2v) is 17.3. The fraction of sp³-hybridized carbons (Fsp3) is 0.170. The lowest BCUT2D eigenvalue weighted by Crippen LogP contribution is -2.50. The van der Waals surface area contributed by atoms with Gasteiger partial charge in [0.15, 0.2) is 0 Å². The first-order valence-electron chi connectivity index (χ1n) is 19.1.